The predicted octanol–water partition coefficient (Wildman–Crippen LogP) is 3.40. The van der Waals surface area contributed by atoms with Crippen LogP contribution in [0.3, 0.4) is 0 Å². The van der Waals surface area contributed by atoms with E-state index in [9.17, 15) is 9.59 Å². The van der Waals surface area contributed by atoms with Crippen LogP contribution in [0, 0.1) is 0 Å². The van der Waals surface area contributed by atoms with Crippen molar-refractivity contribution < 1.29 is 14.3 Å². The molecular formula is C25H32GeN4O3. The first kappa shape index (κ1) is 24.6. The Kier molecular flexibility index (Phi) is 7.97. The Morgan fingerprint density at radius 3 is 2.27 bits per heavy atom. The Balaban J connectivity index is 1.79. The van der Waals surface area contributed by atoms with Gasteiger partial charge in [-0.2, -0.15) is 5.10 Å². The Hall–Kier alpha value is -3.07. The number of rotatable bonds is 9. The summed E-state index contributed by atoms with van der Waals surface area (Å²) >= 11 is -1.94. The van der Waals surface area contributed by atoms with Crippen LogP contribution >= 0.6 is 0 Å². The van der Waals surface area contributed by atoms with Crippen molar-refractivity contribution in [2.24, 2.45) is 7.05 Å². The first-order chi connectivity index (χ1) is 15.7. The summed E-state index contributed by atoms with van der Waals surface area (Å²) in [5.74, 6) is 7.14. The van der Waals surface area contributed by atoms with E-state index in [1.807, 2.05) is 19.1 Å². The maximum absolute atomic E-state index is 13.2. The third-order valence-corrected chi connectivity index (χ3v) is 9.57. The van der Waals surface area contributed by atoms with Crippen LogP contribution in [0.4, 0.5) is 5.69 Å². The average molecular weight is 509 g/mol. The molecule has 1 unspecified atom stereocenters. The number of carbonyl (C=O) groups excluding carboxylic acids is 2. The molecule has 3 aromatic rings. The van der Waals surface area contributed by atoms with E-state index in [1.165, 1.54) is 4.40 Å². The molecule has 0 radical (unpaired) electrons. The Morgan fingerprint density at radius 1 is 1.06 bits per heavy atom. The molecule has 174 valence electrons. The summed E-state index contributed by atoms with van der Waals surface area (Å²) in [7, 11) is 1.80. The maximum atomic E-state index is 13.2. The first-order valence-corrected chi connectivity index (χ1v) is 18.4. The van der Waals surface area contributed by atoms with Crippen molar-refractivity contribution in [1.82, 2.24) is 15.1 Å². The molecule has 2 N–H and O–H groups in total. The molecule has 2 aromatic carbocycles. The van der Waals surface area contributed by atoms with Gasteiger partial charge in [0.15, 0.2) is 0 Å². The van der Waals surface area contributed by atoms with E-state index in [4.69, 9.17) is 4.74 Å². The summed E-state index contributed by atoms with van der Waals surface area (Å²) in [4.78, 5) is 26.0. The van der Waals surface area contributed by atoms with Crippen LogP contribution in [0.2, 0.25) is 17.3 Å². The second-order valence-corrected chi connectivity index (χ2v) is 19.7. The molecule has 0 aliphatic carbocycles. The van der Waals surface area contributed by atoms with Crippen molar-refractivity contribution in [1.29, 1.82) is 0 Å². The topological polar surface area (TPSA) is 85.2 Å². The van der Waals surface area contributed by atoms with Gasteiger partial charge in [0.05, 0.1) is 6.61 Å². The number of amides is 2. The van der Waals surface area contributed by atoms with Crippen molar-refractivity contribution in [3.63, 3.8) is 0 Å². The van der Waals surface area contributed by atoms with Crippen LogP contribution in [0.25, 0.3) is 0 Å². The molecule has 2 amide bonds. The fourth-order valence-electron chi connectivity index (χ4n) is 3.45. The molecule has 0 saturated carbocycles. The zero-order valence-electron chi connectivity index (χ0n) is 19.9. The van der Waals surface area contributed by atoms with Gasteiger partial charge in [-0.05, 0) is 6.92 Å². The normalized spacial score (nSPS) is 12.2. The van der Waals surface area contributed by atoms with Crippen molar-refractivity contribution in [3.8, 4) is 5.75 Å². The number of aryl methyl sites for hydroxylation is 1. The summed E-state index contributed by atoms with van der Waals surface area (Å²) in [5, 5.41) is 9.93. The van der Waals surface area contributed by atoms with Gasteiger partial charge < -0.3 is 0 Å². The molecule has 1 aromatic heterocycles. The molecule has 0 spiro atoms. The van der Waals surface area contributed by atoms with Gasteiger partial charge in [0, 0.05) is 7.05 Å². The van der Waals surface area contributed by atoms with E-state index >= 15 is 0 Å². The molecule has 1 heterocycles. The van der Waals surface area contributed by atoms with Crippen molar-refractivity contribution >= 4 is 35.2 Å². The van der Waals surface area contributed by atoms with Crippen molar-refractivity contribution in [3.05, 3.63) is 72.1 Å². The fraction of sp³-hybridized carbons (Fsp3) is 0.320. The summed E-state index contributed by atoms with van der Waals surface area (Å²) in [6, 6.07) is 14.4. The second kappa shape index (κ2) is 10.7. The van der Waals surface area contributed by atoms with Crippen LogP contribution < -0.4 is 19.8 Å². The molecule has 7 nitrogen and oxygen atoms in total. The van der Waals surface area contributed by atoms with Gasteiger partial charge in [-0.3, -0.25) is 4.68 Å². The molecule has 8 heteroatoms. The number of anilines is 1. The number of carbonyl (C=O) groups is 2. The molecule has 0 saturated heterocycles. The third kappa shape index (κ3) is 6.95. The van der Waals surface area contributed by atoms with E-state index in [-0.39, 0.29) is 18.2 Å². The van der Waals surface area contributed by atoms with Gasteiger partial charge >= 0.3 is 168 Å². The Bertz CT molecular complexity index is 1090. The number of ether oxygens (including phenoxy) is 1. The van der Waals surface area contributed by atoms with Crippen LogP contribution in [0.5, 0.6) is 5.75 Å². The number of nitrogens with zero attached hydrogens (tertiary/aromatic N) is 2. The SMILES string of the molecule is CCOc1ccc(C(NC(=O)Cc2cnn(C)c2)C(=O)Nc2cc[c]([Ge]([CH3])([CH3])[CH3])cc2)cc1. The van der Waals surface area contributed by atoms with E-state index in [0.29, 0.717) is 23.6 Å². The number of nitrogens with one attached hydrogen (secondary N) is 2. The van der Waals surface area contributed by atoms with Crippen LogP contribution in [-0.2, 0) is 23.1 Å². The first-order valence-electron chi connectivity index (χ1n) is 11.1. The third-order valence-electron chi connectivity index (χ3n) is 5.23. The molecule has 3 rings (SSSR count). The number of hydrogen-bond donors (Lipinski definition) is 2. The van der Waals surface area contributed by atoms with Gasteiger partial charge in [-0.1, -0.05) is 0 Å². The van der Waals surface area contributed by atoms with Gasteiger partial charge in [0.1, 0.15) is 0 Å². The van der Waals surface area contributed by atoms with Gasteiger partial charge in [-0.15, -0.1) is 0 Å². The molecular weight excluding hydrogens is 477 g/mol. The number of aromatic nitrogens is 2. The molecule has 0 aliphatic rings. The van der Waals surface area contributed by atoms with Gasteiger partial charge in [-0.25, -0.2) is 0 Å². The monoisotopic (exact) mass is 510 g/mol. The fourth-order valence-corrected chi connectivity index (χ4v) is 5.90. The van der Waals surface area contributed by atoms with E-state index in [0.717, 1.165) is 5.56 Å². The molecule has 0 aliphatic heterocycles. The quantitative estimate of drug-likeness (QED) is 0.434. The van der Waals surface area contributed by atoms with Crippen molar-refractivity contribution in [2.45, 2.75) is 36.7 Å². The van der Waals surface area contributed by atoms with Crippen LogP contribution in [0.15, 0.2) is 60.9 Å². The van der Waals surface area contributed by atoms with Crippen molar-refractivity contribution in [2.75, 3.05) is 11.9 Å². The number of hydrogen-bond acceptors (Lipinski definition) is 4. The zero-order valence-corrected chi connectivity index (χ0v) is 22.0. The van der Waals surface area contributed by atoms with Crippen LogP contribution in [0.1, 0.15) is 24.1 Å². The average Bonchev–Trinajstić information content (AvgIpc) is 3.17. The Labute approximate surface area is 197 Å². The zero-order chi connectivity index (χ0) is 24.0. The Morgan fingerprint density at radius 2 is 1.73 bits per heavy atom. The summed E-state index contributed by atoms with van der Waals surface area (Å²) in [6.07, 6.45) is 3.57. The predicted molar refractivity (Wildman–Crippen MR) is 133 cm³/mol. The molecule has 0 bridgehead atoms. The van der Waals surface area contributed by atoms with Gasteiger partial charge in [0.25, 0.3) is 0 Å². The molecule has 33 heavy (non-hydrogen) atoms. The van der Waals surface area contributed by atoms with E-state index < -0.39 is 19.3 Å². The summed E-state index contributed by atoms with van der Waals surface area (Å²) < 4.78 is 8.51. The minimum absolute atomic E-state index is 0.140. The second-order valence-electron chi connectivity index (χ2n) is 9.02. The number of benzene rings is 2. The standard InChI is InChI=1S/C25H32GeN4O3/c1-6-33-22-13-7-19(8-14-22)24(29-23(31)15-18-16-27-30(5)17-18)25(32)28-21-11-9-20(10-12-21)26(2,3)4/h7-14,16-17,24H,6,15H2,1-5H3,(H,28,32)(H,29,31). The van der Waals surface area contributed by atoms with Crippen LogP contribution in [-0.4, -0.2) is 41.5 Å². The summed E-state index contributed by atoms with van der Waals surface area (Å²) in [6.45, 7) is 2.47. The van der Waals surface area contributed by atoms with E-state index in [2.05, 4.69) is 45.1 Å². The minimum atomic E-state index is -1.94. The van der Waals surface area contributed by atoms with E-state index in [1.54, 1.807) is 48.4 Å². The molecule has 1 atom stereocenters. The molecule has 0 fully saturated rings. The summed E-state index contributed by atoms with van der Waals surface area (Å²) in [5.41, 5.74) is 2.16. The van der Waals surface area contributed by atoms with Gasteiger partial charge in [0.2, 0.25) is 0 Å².